The molecule has 4 saturated heterocycles. The van der Waals surface area contributed by atoms with Crippen LogP contribution in [0.15, 0.2) is 36.5 Å². The van der Waals surface area contributed by atoms with Gasteiger partial charge in [0, 0.05) is 43.3 Å². The van der Waals surface area contributed by atoms with Crippen molar-refractivity contribution in [3.05, 3.63) is 53.2 Å². The first-order valence-electron chi connectivity index (χ1n) is 17.2. The second kappa shape index (κ2) is 13.1. The van der Waals surface area contributed by atoms with Crippen molar-refractivity contribution in [1.82, 2.24) is 29.7 Å². The number of carbonyl (C=O) groups excluding carboxylic acids is 1. The normalized spacial score (nSPS) is 21.1. The van der Waals surface area contributed by atoms with Crippen LogP contribution < -0.4 is 9.64 Å². The average molecular weight is 722 g/mol. The average Bonchev–Trinajstić information content (AvgIpc) is 3.85. The minimum Gasteiger partial charge on any atom is -0.461 e. The quantitative estimate of drug-likeness (QED) is 0.176. The van der Waals surface area contributed by atoms with Crippen molar-refractivity contribution >= 4 is 45.0 Å². The predicted octanol–water partition coefficient (Wildman–Crippen LogP) is 5.78. The first-order valence-corrected chi connectivity index (χ1v) is 17.6. The van der Waals surface area contributed by atoms with Gasteiger partial charge in [-0.2, -0.15) is 9.97 Å². The summed E-state index contributed by atoms with van der Waals surface area (Å²) < 4.78 is 64.0. The number of alkyl halides is 2. The molecule has 1 amide bonds. The number of likely N-dealkylation sites (tertiary alicyclic amines) is 2. The molecule has 0 N–H and O–H groups in total. The topological polar surface area (TPSA) is 77.9 Å². The molecule has 0 radical (unpaired) electrons. The van der Waals surface area contributed by atoms with Gasteiger partial charge in [-0.15, -0.1) is 0 Å². The van der Waals surface area contributed by atoms with Crippen LogP contribution in [0.5, 0.6) is 6.01 Å². The molecule has 266 valence electrons. The van der Waals surface area contributed by atoms with Crippen LogP contribution in [-0.2, 0) is 4.79 Å². The molecular formula is C37H36ClF4N7O2. The molecule has 4 fully saturated rings. The molecule has 0 aliphatic carbocycles. The van der Waals surface area contributed by atoms with Crippen molar-refractivity contribution in [2.75, 3.05) is 64.4 Å². The summed E-state index contributed by atoms with van der Waals surface area (Å²) in [5.74, 6) is 1.29. The van der Waals surface area contributed by atoms with E-state index in [0.29, 0.717) is 53.7 Å². The lowest BCUT2D eigenvalue weighted by atomic mass is 9.95. The van der Waals surface area contributed by atoms with E-state index >= 15 is 4.39 Å². The molecule has 1 atom stereocenters. The van der Waals surface area contributed by atoms with Crippen LogP contribution in [-0.4, -0.2) is 113 Å². The first kappa shape index (κ1) is 33.9. The molecule has 4 aliphatic rings. The molecule has 1 unspecified atom stereocenters. The maximum atomic E-state index is 16.8. The number of likely N-dealkylation sites (N-methyl/N-ethyl adjacent to an activating group) is 1. The molecule has 0 saturated carbocycles. The Morgan fingerprint density at radius 1 is 1.10 bits per heavy atom. The third-order valence-corrected chi connectivity index (χ3v) is 11.2. The summed E-state index contributed by atoms with van der Waals surface area (Å²) in [4.78, 5) is 34.3. The lowest BCUT2D eigenvalue weighted by Gasteiger charge is -2.37. The number of ether oxygens (including phenoxy) is 1. The molecule has 14 heteroatoms. The van der Waals surface area contributed by atoms with Gasteiger partial charge < -0.3 is 14.5 Å². The number of fused-ring (bicyclic) bond motifs is 3. The lowest BCUT2D eigenvalue weighted by molar-refractivity contribution is -0.125. The fourth-order valence-electron chi connectivity index (χ4n) is 8.15. The van der Waals surface area contributed by atoms with Gasteiger partial charge in [-0.3, -0.25) is 19.6 Å². The Hall–Kier alpha value is -4.25. The maximum absolute atomic E-state index is 16.8. The number of hydrogen-bond donors (Lipinski definition) is 0. The number of pyridine rings is 1. The van der Waals surface area contributed by atoms with Crippen LogP contribution in [0, 0.1) is 23.5 Å². The number of aromatic nitrogens is 3. The van der Waals surface area contributed by atoms with Gasteiger partial charge in [0.15, 0.2) is 5.82 Å². The number of rotatable bonds is 7. The van der Waals surface area contributed by atoms with Crippen LogP contribution in [0.3, 0.4) is 0 Å². The van der Waals surface area contributed by atoms with E-state index < -0.39 is 17.6 Å². The van der Waals surface area contributed by atoms with Crippen LogP contribution >= 0.6 is 11.6 Å². The number of benzene rings is 2. The second-order valence-electron chi connectivity index (χ2n) is 14.1. The smallest absolute Gasteiger partial charge is 0.319 e. The van der Waals surface area contributed by atoms with E-state index in [0.717, 1.165) is 38.8 Å². The predicted molar refractivity (Wildman–Crippen MR) is 186 cm³/mol. The molecule has 0 bridgehead atoms. The van der Waals surface area contributed by atoms with Gasteiger partial charge in [0.2, 0.25) is 0 Å². The zero-order chi connectivity index (χ0) is 35.5. The van der Waals surface area contributed by atoms with Crippen LogP contribution in [0.2, 0.25) is 5.02 Å². The highest BCUT2D eigenvalue weighted by molar-refractivity contribution is 6.36. The van der Waals surface area contributed by atoms with Gasteiger partial charge in [0.05, 0.1) is 35.6 Å². The molecule has 4 aliphatic heterocycles. The van der Waals surface area contributed by atoms with E-state index in [4.69, 9.17) is 21.3 Å². The number of nitrogens with zero attached hydrogens (tertiary/aromatic N) is 7. The van der Waals surface area contributed by atoms with Crippen LogP contribution in [0.1, 0.15) is 32.1 Å². The summed E-state index contributed by atoms with van der Waals surface area (Å²) in [6, 6.07) is 7.85. The van der Waals surface area contributed by atoms with E-state index in [2.05, 4.69) is 26.7 Å². The first-order chi connectivity index (χ1) is 24.5. The summed E-state index contributed by atoms with van der Waals surface area (Å²) in [7, 11) is 1.83. The minimum absolute atomic E-state index is 0.00283. The lowest BCUT2D eigenvalue weighted by Crippen LogP contribution is -2.56. The minimum atomic E-state index is -2.69. The summed E-state index contributed by atoms with van der Waals surface area (Å²) in [5.41, 5.74) is 0.193. The van der Waals surface area contributed by atoms with E-state index in [1.54, 1.807) is 29.2 Å². The Kier molecular flexibility index (Phi) is 8.67. The highest BCUT2D eigenvalue weighted by Crippen LogP contribution is 2.41. The van der Waals surface area contributed by atoms with Gasteiger partial charge >= 0.3 is 6.01 Å². The van der Waals surface area contributed by atoms with Crippen molar-refractivity contribution in [2.45, 2.75) is 49.6 Å². The van der Waals surface area contributed by atoms with Crippen molar-refractivity contribution in [3.8, 4) is 29.1 Å². The number of amides is 1. The van der Waals surface area contributed by atoms with Crippen molar-refractivity contribution < 1.29 is 27.1 Å². The molecule has 2 aromatic carbocycles. The van der Waals surface area contributed by atoms with Gasteiger partial charge in [0.1, 0.15) is 29.5 Å². The third kappa shape index (κ3) is 6.21. The van der Waals surface area contributed by atoms with E-state index in [1.165, 1.54) is 17.2 Å². The number of halogens is 5. The molecule has 4 aromatic rings. The molecule has 9 nitrogen and oxygen atoms in total. The summed E-state index contributed by atoms with van der Waals surface area (Å²) in [5, 5.41) is 1.20. The highest BCUT2D eigenvalue weighted by atomic mass is 35.5. The summed E-state index contributed by atoms with van der Waals surface area (Å²) >= 11 is 6.41. The van der Waals surface area contributed by atoms with E-state index in [-0.39, 0.29) is 59.4 Å². The molecular weight excluding hydrogens is 686 g/mol. The van der Waals surface area contributed by atoms with Crippen LogP contribution in [0.4, 0.5) is 23.4 Å². The third-order valence-electron chi connectivity index (χ3n) is 10.9. The van der Waals surface area contributed by atoms with Gasteiger partial charge in [-0.05, 0) is 62.6 Å². The highest BCUT2D eigenvalue weighted by Gasteiger charge is 2.45. The van der Waals surface area contributed by atoms with Crippen molar-refractivity contribution in [1.29, 1.82) is 0 Å². The van der Waals surface area contributed by atoms with Gasteiger partial charge in [-0.25, -0.2) is 17.6 Å². The largest absolute Gasteiger partial charge is 0.461 e. The summed E-state index contributed by atoms with van der Waals surface area (Å²) in [6.07, 6.45) is 6.29. The Labute approximate surface area is 297 Å². The second-order valence-corrected chi connectivity index (χ2v) is 14.5. The summed E-state index contributed by atoms with van der Waals surface area (Å²) in [6.45, 7) is 2.58. The van der Waals surface area contributed by atoms with E-state index in [9.17, 15) is 18.0 Å². The zero-order valence-corrected chi connectivity index (χ0v) is 28.8. The molecule has 2 aromatic heterocycles. The maximum Gasteiger partial charge on any atom is 0.319 e. The Morgan fingerprint density at radius 2 is 1.88 bits per heavy atom. The molecule has 8 rings (SSSR count). The van der Waals surface area contributed by atoms with Gasteiger partial charge in [-0.1, -0.05) is 41.8 Å². The molecule has 6 heterocycles. The van der Waals surface area contributed by atoms with E-state index in [1.807, 2.05) is 11.9 Å². The van der Waals surface area contributed by atoms with Crippen LogP contribution in [0.25, 0.3) is 32.9 Å². The molecule has 0 spiro atoms. The fourth-order valence-corrected chi connectivity index (χ4v) is 8.42. The Morgan fingerprint density at radius 3 is 2.65 bits per heavy atom. The monoisotopic (exact) mass is 721 g/mol. The fraction of sp³-hybridized carbons (Fsp3) is 0.459. The Balaban J connectivity index is 1.12. The number of carbonyl (C=O) groups is 1. The number of anilines is 1. The zero-order valence-electron chi connectivity index (χ0n) is 28.1. The SMILES string of the molecule is CN(c1nc(OCC23CCCN2CCC3)nc2c(F)c(-c3cccc4ccc(F)c(Cl)c34)ncc12)C1CCN(C(=O)C#CCN2CC(F)(F)C2)C1. The number of hydrogen-bond acceptors (Lipinski definition) is 8. The molecule has 51 heavy (non-hydrogen) atoms. The van der Waals surface area contributed by atoms with Gasteiger partial charge in [0.25, 0.3) is 11.8 Å². The standard InChI is InChI=1S/C37H36ClF4N7O2/c1-46(24-11-17-48(19-24)28(50)8-3-14-47-20-37(41,42)21-47)34-26-18-43-32(25-7-2-6-23-9-10-27(39)30(38)29(23)25)31(40)33(26)44-35(45-34)51-22-36-12-4-15-49(36)16-5-13-36/h2,6-7,9-10,18,24H,4-5,11-17,19-22H2,1H3. The van der Waals surface area contributed by atoms with Crippen molar-refractivity contribution in [3.63, 3.8) is 0 Å². The Bertz CT molecular complexity index is 2090. The van der Waals surface area contributed by atoms with Crippen molar-refractivity contribution in [2.24, 2.45) is 0 Å².